The molecule has 0 fully saturated rings. The Morgan fingerprint density at radius 1 is 1.48 bits per heavy atom. The maximum absolute atomic E-state index is 13.8. The van der Waals surface area contributed by atoms with Gasteiger partial charge in [0.05, 0.1) is 23.9 Å². The van der Waals surface area contributed by atoms with Crippen LogP contribution in [0.5, 0.6) is 5.75 Å². The fraction of sp³-hybridized carbons (Fsp3) is 0.250. The summed E-state index contributed by atoms with van der Waals surface area (Å²) in [5, 5.41) is 6.33. The summed E-state index contributed by atoms with van der Waals surface area (Å²) in [5.41, 5.74) is 6.21. The number of methoxy groups -OCH3 is 1. The van der Waals surface area contributed by atoms with E-state index in [1.807, 2.05) is 0 Å². The number of anilines is 1. The number of hydrogen-bond acceptors (Lipinski definition) is 5. The number of hydrogen-bond donors (Lipinski definition) is 2. The van der Waals surface area contributed by atoms with Crippen LogP contribution in [0.1, 0.15) is 5.56 Å². The van der Waals surface area contributed by atoms with Crippen molar-refractivity contribution in [1.29, 1.82) is 0 Å². The van der Waals surface area contributed by atoms with E-state index < -0.39 is 15.8 Å². The fourth-order valence-electron chi connectivity index (χ4n) is 1.84. The molecule has 3 N–H and O–H groups in total. The van der Waals surface area contributed by atoms with Crippen molar-refractivity contribution in [3.63, 3.8) is 0 Å². The molecule has 114 valence electrons. The Morgan fingerprint density at radius 2 is 2.19 bits per heavy atom. The Morgan fingerprint density at radius 3 is 2.71 bits per heavy atom. The first-order valence-electron chi connectivity index (χ1n) is 5.93. The van der Waals surface area contributed by atoms with Crippen molar-refractivity contribution in [2.45, 2.75) is 11.4 Å². The van der Waals surface area contributed by atoms with Gasteiger partial charge < -0.3 is 10.5 Å². The molecule has 0 atom stereocenters. The number of rotatable bonds is 5. The first-order chi connectivity index (χ1) is 9.86. The van der Waals surface area contributed by atoms with E-state index in [0.29, 0.717) is 5.56 Å². The Labute approximate surface area is 121 Å². The smallest absolute Gasteiger partial charge is 0.243 e. The number of nitrogens with zero attached hydrogens (tertiary/aromatic N) is 2. The lowest BCUT2D eigenvalue weighted by Crippen LogP contribution is -2.26. The number of H-pyrrole nitrogens is 1. The normalized spacial score (nSPS) is 11.8. The molecule has 0 spiro atoms. The molecule has 21 heavy (non-hydrogen) atoms. The number of halogens is 1. The number of aromatic nitrogens is 2. The second-order valence-corrected chi connectivity index (χ2v) is 6.44. The minimum absolute atomic E-state index is 0.0761. The zero-order chi connectivity index (χ0) is 15.6. The van der Waals surface area contributed by atoms with Gasteiger partial charge in [-0.25, -0.2) is 12.8 Å². The van der Waals surface area contributed by atoms with Crippen molar-refractivity contribution < 1.29 is 17.5 Å². The van der Waals surface area contributed by atoms with Crippen LogP contribution in [0.25, 0.3) is 0 Å². The number of benzene rings is 1. The Bertz CT molecular complexity index is 708. The van der Waals surface area contributed by atoms with Crippen LogP contribution in [0.4, 0.5) is 10.1 Å². The highest BCUT2D eigenvalue weighted by Crippen LogP contribution is 2.29. The molecular weight excluding hydrogens is 299 g/mol. The molecule has 0 aliphatic heterocycles. The maximum atomic E-state index is 13.8. The minimum Gasteiger partial charge on any atom is -0.492 e. The molecule has 1 aromatic carbocycles. The molecule has 9 heteroatoms. The quantitative estimate of drug-likeness (QED) is 0.801. The molecule has 0 saturated heterocycles. The zero-order valence-electron chi connectivity index (χ0n) is 11.5. The highest BCUT2D eigenvalue weighted by Gasteiger charge is 2.24. The number of nitrogens with one attached hydrogen (secondary N) is 1. The van der Waals surface area contributed by atoms with Gasteiger partial charge >= 0.3 is 0 Å². The van der Waals surface area contributed by atoms with Crippen LogP contribution in [0, 0.1) is 5.82 Å². The molecule has 0 unspecified atom stereocenters. The third-order valence-corrected chi connectivity index (χ3v) is 4.70. The largest absolute Gasteiger partial charge is 0.492 e. The topological polar surface area (TPSA) is 101 Å². The summed E-state index contributed by atoms with van der Waals surface area (Å²) in [6, 6.07) is 2.06. The Hall–Kier alpha value is -2.13. The van der Waals surface area contributed by atoms with Gasteiger partial charge in [-0.2, -0.15) is 9.40 Å². The van der Waals surface area contributed by atoms with E-state index in [1.165, 1.54) is 26.4 Å². The van der Waals surface area contributed by atoms with Gasteiger partial charge in [0, 0.05) is 25.4 Å². The summed E-state index contributed by atoms with van der Waals surface area (Å²) in [7, 11) is -1.22. The predicted octanol–water partition coefficient (Wildman–Crippen LogP) is 0.960. The highest BCUT2D eigenvalue weighted by atomic mass is 32.2. The summed E-state index contributed by atoms with van der Waals surface area (Å²) >= 11 is 0. The third-order valence-electron chi connectivity index (χ3n) is 2.92. The first kappa shape index (κ1) is 15.3. The molecule has 0 saturated carbocycles. The van der Waals surface area contributed by atoms with Crippen LogP contribution in [-0.2, 0) is 16.6 Å². The van der Waals surface area contributed by atoms with Crippen LogP contribution in [0.3, 0.4) is 0 Å². The van der Waals surface area contributed by atoms with Gasteiger partial charge in [0.1, 0.15) is 0 Å². The lowest BCUT2D eigenvalue weighted by molar-refractivity contribution is 0.387. The van der Waals surface area contributed by atoms with Crippen molar-refractivity contribution in [1.82, 2.24) is 14.5 Å². The number of sulfonamides is 1. The number of ether oxygens (including phenoxy) is 1. The summed E-state index contributed by atoms with van der Waals surface area (Å²) in [5.74, 6) is -1.00. The molecule has 2 aromatic rings. The third kappa shape index (κ3) is 2.98. The van der Waals surface area contributed by atoms with Crippen molar-refractivity contribution in [2.24, 2.45) is 0 Å². The van der Waals surface area contributed by atoms with Gasteiger partial charge in [0.15, 0.2) is 11.6 Å². The van der Waals surface area contributed by atoms with Gasteiger partial charge in [-0.05, 0) is 12.1 Å². The molecule has 0 bridgehead atoms. The van der Waals surface area contributed by atoms with Crippen molar-refractivity contribution >= 4 is 15.7 Å². The second kappa shape index (κ2) is 5.70. The molecule has 1 heterocycles. The molecular formula is C12H15FN4O3S. The van der Waals surface area contributed by atoms with Crippen LogP contribution >= 0.6 is 0 Å². The van der Waals surface area contributed by atoms with E-state index in [2.05, 4.69) is 10.2 Å². The van der Waals surface area contributed by atoms with E-state index in [1.54, 1.807) is 6.20 Å². The van der Waals surface area contributed by atoms with Gasteiger partial charge in [0.25, 0.3) is 0 Å². The fourth-order valence-corrected chi connectivity index (χ4v) is 3.05. The standard InChI is InChI=1S/C12H15FN4O3S/c1-17(7-8-5-15-16-6-8)21(18,19)9-3-10(13)12(20-2)11(14)4-9/h3-6H,7,14H2,1-2H3,(H,15,16). The van der Waals surface area contributed by atoms with Gasteiger partial charge in [-0.1, -0.05) is 0 Å². The first-order valence-corrected chi connectivity index (χ1v) is 7.37. The molecule has 0 aliphatic carbocycles. The molecule has 0 aliphatic rings. The molecule has 2 rings (SSSR count). The number of aromatic amines is 1. The average Bonchev–Trinajstić information content (AvgIpc) is 2.91. The highest BCUT2D eigenvalue weighted by molar-refractivity contribution is 7.89. The lowest BCUT2D eigenvalue weighted by Gasteiger charge is -2.17. The molecule has 0 amide bonds. The van der Waals surface area contributed by atoms with Crippen LogP contribution in [0.15, 0.2) is 29.4 Å². The molecule has 1 aromatic heterocycles. The lowest BCUT2D eigenvalue weighted by atomic mass is 10.3. The monoisotopic (exact) mass is 314 g/mol. The minimum atomic E-state index is -3.87. The zero-order valence-corrected chi connectivity index (χ0v) is 12.3. The van der Waals surface area contributed by atoms with E-state index in [4.69, 9.17) is 10.5 Å². The van der Waals surface area contributed by atoms with Crippen molar-refractivity contribution in [3.8, 4) is 5.75 Å². The van der Waals surface area contributed by atoms with Crippen molar-refractivity contribution in [3.05, 3.63) is 35.9 Å². The van der Waals surface area contributed by atoms with E-state index in [-0.39, 0.29) is 22.9 Å². The van der Waals surface area contributed by atoms with Crippen LogP contribution in [0.2, 0.25) is 0 Å². The predicted molar refractivity (Wildman–Crippen MR) is 74.6 cm³/mol. The Kier molecular flexibility index (Phi) is 4.14. The van der Waals surface area contributed by atoms with E-state index in [9.17, 15) is 12.8 Å². The van der Waals surface area contributed by atoms with Crippen LogP contribution in [-0.4, -0.2) is 37.1 Å². The van der Waals surface area contributed by atoms with Gasteiger partial charge in [0.2, 0.25) is 10.0 Å². The molecule has 0 radical (unpaired) electrons. The van der Waals surface area contributed by atoms with Crippen LogP contribution < -0.4 is 10.5 Å². The summed E-state index contributed by atoms with van der Waals surface area (Å²) < 4.78 is 44.4. The maximum Gasteiger partial charge on any atom is 0.243 e. The summed E-state index contributed by atoms with van der Waals surface area (Å²) in [6.45, 7) is 0.104. The van der Waals surface area contributed by atoms with E-state index >= 15 is 0 Å². The van der Waals surface area contributed by atoms with Crippen molar-refractivity contribution in [2.75, 3.05) is 19.9 Å². The van der Waals surface area contributed by atoms with Gasteiger partial charge in [-0.15, -0.1) is 0 Å². The van der Waals surface area contributed by atoms with E-state index in [0.717, 1.165) is 10.4 Å². The second-order valence-electron chi connectivity index (χ2n) is 4.40. The number of nitrogens with two attached hydrogens (primary N) is 1. The van der Waals surface area contributed by atoms with Gasteiger partial charge in [-0.3, -0.25) is 5.10 Å². The number of nitrogen functional groups attached to an aromatic ring is 1. The summed E-state index contributed by atoms with van der Waals surface area (Å²) in [4.78, 5) is -0.232. The SMILES string of the molecule is COc1c(N)cc(S(=O)(=O)N(C)Cc2cn[nH]c2)cc1F. The average molecular weight is 314 g/mol. The molecule has 7 nitrogen and oxygen atoms in total. The summed E-state index contributed by atoms with van der Waals surface area (Å²) in [6.07, 6.45) is 3.09. The Balaban J connectivity index is 2.35.